The van der Waals surface area contributed by atoms with E-state index >= 15 is 0 Å². The summed E-state index contributed by atoms with van der Waals surface area (Å²) < 4.78 is 16.8. The molecule has 6 nitrogen and oxygen atoms in total. The molecular formula is C29H34N2O4. The number of nitrogens with zero attached hydrogens (tertiary/aromatic N) is 1. The van der Waals surface area contributed by atoms with Crippen molar-refractivity contribution in [1.29, 1.82) is 0 Å². The number of aryl methyl sites for hydroxylation is 2. The maximum absolute atomic E-state index is 13.4. The van der Waals surface area contributed by atoms with Gasteiger partial charge in [-0.3, -0.25) is 9.78 Å². The van der Waals surface area contributed by atoms with Crippen molar-refractivity contribution in [3.8, 4) is 17.2 Å². The Hall–Kier alpha value is -3.54. The van der Waals surface area contributed by atoms with Crippen LogP contribution in [0.4, 0.5) is 0 Å². The molecule has 0 unspecified atom stereocenters. The van der Waals surface area contributed by atoms with Crippen molar-refractivity contribution in [3.63, 3.8) is 0 Å². The Bertz CT molecular complexity index is 1410. The van der Waals surface area contributed by atoms with E-state index in [1.54, 1.807) is 14.2 Å². The summed E-state index contributed by atoms with van der Waals surface area (Å²) in [5.74, 6) is 2.08. The number of hydrogen-bond donors (Lipinski definition) is 1. The molecule has 0 saturated heterocycles. The number of H-pyrrole nitrogens is 1. The maximum atomic E-state index is 13.4. The van der Waals surface area contributed by atoms with Gasteiger partial charge < -0.3 is 19.2 Å². The van der Waals surface area contributed by atoms with Gasteiger partial charge in [0.25, 0.3) is 5.56 Å². The molecule has 0 spiro atoms. The molecule has 0 bridgehead atoms. The second kappa shape index (κ2) is 10.8. The summed E-state index contributed by atoms with van der Waals surface area (Å²) in [5, 5.41) is 2.89. The van der Waals surface area contributed by atoms with Crippen molar-refractivity contribution in [2.24, 2.45) is 0 Å². The van der Waals surface area contributed by atoms with Crippen molar-refractivity contribution in [3.05, 3.63) is 69.3 Å². The van der Waals surface area contributed by atoms with E-state index < -0.39 is 0 Å². The lowest BCUT2D eigenvalue weighted by Crippen LogP contribution is -2.17. The number of ether oxygens (including phenoxy) is 3. The van der Waals surface area contributed by atoms with Gasteiger partial charge in [-0.15, -0.1) is 0 Å². The number of pyridine rings is 2. The highest BCUT2D eigenvalue weighted by Crippen LogP contribution is 2.35. The Balaban J connectivity index is 1.92. The van der Waals surface area contributed by atoms with Gasteiger partial charge in [0.15, 0.2) is 11.5 Å². The number of methoxy groups -OCH3 is 2. The quantitative estimate of drug-likeness (QED) is 0.306. The molecule has 6 heteroatoms. The van der Waals surface area contributed by atoms with Gasteiger partial charge in [-0.05, 0) is 67.1 Å². The first kappa shape index (κ1) is 24.6. The number of fused-ring (bicyclic) bond motifs is 2. The molecule has 2 aromatic heterocycles. The fraction of sp³-hybridized carbons (Fsp3) is 0.379. The van der Waals surface area contributed by atoms with E-state index in [1.807, 2.05) is 37.3 Å². The van der Waals surface area contributed by atoms with Crippen molar-refractivity contribution < 1.29 is 14.2 Å². The lowest BCUT2D eigenvalue weighted by Gasteiger charge is -2.16. The number of nitrogens with one attached hydrogen (secondary N) is 1. The summed E-state index contributed by atoms with van der Waals surface area (Å²) in [6.07, 6.45) is 4.00. The van der Waals surface area contributed by atoms with Crippen LogP contribution in [-0.2, 0) is 19.3 Å². The zero-order valence-corrected chi connectivity index (χ0v) is 21.3. The largest absolute Gasteiger partial charge is 0.494 e. The third-order valence-electron chi connectivity index (χ3n) is 6.33. The minimum atomic E-state index is -0.0706. The van der Waals surface area contributed by atoms with E-state index in [0.29, 0.717) is 30.1 Å². The van der Waals surface area contributed by atoms with E-state index in [0.717, 1.165) is 70.1 Å². The molecule has 0 amide bonds. The monoisotopic (exact) mass is 474 g/mol. The third-order valence-corrected chi connectivity index (χ3v) is 6.33. The van der Waals surface area contributed by atoms with E-state index in [-0.39, 0.29) is 5.56 Å². The molecule has 0 radical (unpaired) electrons. The van der Waals surface area contributed by atoms with E-state index in [2.05, 4.69) is 24.9 Å². The van der Waals surface area contributed by atoms with Gasteiger partial charge in [-0.25, -0.2) is 0 Å². The minimum absolute atomic E-state index is 0.0706. The average molecular weight is 475 g/mol. The molecular weight excluding hydrogens is 440 g/mol. The average Bonchev–Trinajstić information content (AvgIpc) is 2.86. The third kappa shape index (κ3) is 4.97. The number of benzene rings is 2. The van der Waals surface area contributed by atoms with Crippen LogP contribution in [0.5, 0.6) is 17.2 Å². The fourth-order valence-corrected chi connectivity index (χ4v) is 4.69. The van der Waals surface area contributed by atoms with E-state index in [1.165, 1.54) is 0 Å². The molecule has 0 atom stereocenters. The zero-order chi connectivity index (χ0) is 24.9. The molecule has 2 aromatic carbocycles. The van der Waals surface area contributed by atoms with Crippen LogP contribution in [-0.4, -0.2) is 30.8 Å². The van der Waals surface area contributed by atoms with Crippen LogP contribution in [0.1, 0.15) is 56.1 Å². The summed E-state index contributed by atoms with van der Waals surface area (Å²) in [7, 11) is 3.25. The minimum Gasteiger partial charge on any atom is -0.494 e. The SMILES string of the molecule is CCCc1nc2ccc(OCC)cc2cc1Cc1c(=O)[nH]c(CCC)c2cc(OC)c(OC)cc12. The van der Waals surface area contributed by atoms with Gasteiger partial charge in [0, 0.05) is 34.1 Å². The van der Waals surface area contributed by atoms with Crippen LogP contribution in [0.25, 0.3) is 21.7 Å². The first-order valence-electron chi connectivity index (χ1n) is 12.4. The van der Waals surface area contributed by atoms with Gasteiger partial charge in [0.1, 0.15) is 5.75 Å². The molecule has 4 rings (SSSR count). The van der Waals surface area contributed by atoms with Gasteiger partial charge in [0.05, 0.1) is 26.3 Å². The van der Waals surface area contributed by atoms with Crippen LogP contribution in [0.2, 0.25) is 0 Å². The van der Waals surface area contributed by atoms with Crippen molar-refractivity contribution in [1.82, 2.24) is 9.97 Å². The Morgan fingerprint density at radius 3 is 2.26 bits per heavy atom. The first-order valence-corrected chi connectivity index (χ1v) is 12.4. The van der Waals surface area contributed by atoms with Gasteiger partial charge >= 0.3 is 0 Å². The lowest BCUT2D eigenvalue weighted by atomic mass is 9.95. The highest BCUT2D eigenvalue weighted by molar-refractivity contribution is 5.91. The van der Waals surface area contributed by atoms with Crippen molar-refractivity contribution in [2.45, 2.75) is 52.9 Å². The Kier molecular flexibility index (Phi) is 7.59. The predicted octanol–water partition coefficient (Wildman–Crippen LogP) is 5.99. The zero-order valence-electron chi connectivity index (χ0n) is 21.3. The van der Waals surface area contributed by atoms with Gasteiger partial charge in [0.2, 0.25) is 0 Å². The molecule has 0 saturated carbocycles. The lowest BCUT2D eigenvalue weighted by molar-refractivity contribution is 0.340. The smallest absolute Gasteiger partial charge is 0.252 e. The number of aromatic amines is 1. The molecule has 184 valence electrons. The van der Waals surface area contributed by atoms with Crippen LogP contribution >= 0.6 is 0 Å². The molecule has 0 aliphatic rings. The summed E-state index contributed by atoms with van der Waals surface area (Å²) in [6.45, 7) is 6.83. The molecule has 0 aliphatic carbocycles. The Morgan fingerprint density at radius 2 is 1.60 bits per heavy atom. The van der Waals surface area contributed by atoms with Crippen LogP contribution < -0.4 is 19.8 Å². The van der Waals surface area contributed by atoms with Crippen molar-refractivity contribution >= 4 is 21.7 Å². The molecule has 1 N–H and O–H groups in total. The molecule has 0 fully saturated rings. The highest BCUT2D eigenvalue weighted by atomic mass is 16.5. The summed E-state index contributed by atoms with van der Waals surface area (Å²) >= 11 is 0. The van der Waals surface area contributed by atoms with Crippen molar-refractivity contribution in [2.75, 3.05) is 20.8 Å². The maximum Gasteiger partial charge on any atom is 0.252 e. The number of aromatic nitrogens is 2. The Labute approximate surface area is 206 Å². The molecule has 4 aromatic rings. The summed E-state index contributed by atoms with van der Waals surface area (Å²) in [6, 6.07) is 12.0. The molecule has 2 heterocycles. The van der Waals surface area contributed by atoms with Crippen LogP contribution in [0.3, 0.4) is 0 Å². The van der Waals surface area contributed by atoms with E-state index in [9.17, 15) is 4.79 Å². The second-order valence-electron chi connectivity index (χ2n) is 8.72. The molecule has 35 heavy (non-hydrogen) atoms. The van der Waals surface area contributed by atoms with E-state index in [4.69, 9.17) is 19.2 Å². The summed E-state index contributed by atoms with van der Waals surface area (Å²) in [4.78, 5) is 21.5. The highest BCUT2D eigenvalue weighted by Gasteiger charge is 2.18. The molecule has 0 aliphatic heterocycles. The second-order valence-corrected chi connectivity index (χ2v) is 8.72. The number of rotatable bonds is 10. The standard InChI is InChI=1S/C29H34N2O4/c1-6-9-24-19(13-18-14-20(35-8-3)11-12-25(18)30-24)15-23-21-16-27(33-4)28(34-5)17-22(21)26(10-7-2)31-29(23)32/h11-14,16-17H,6-10,15H2,1-5H3,(H,31,32). The Morgan fingerprint density at radius 1 is 0.886 bits per heavy atom. The normalized spacial score (nSPS) is 11.2. The van der Waals surface area contributed by atoms with Gasteiger partial charge in [-0.2, -0.15) is 0 Å². The fourth-order valence-electron chi connectivity index (χ4n) is 4.69. The van der Waals surface area contributed by atoms with Crippen LogP contribution in [0, 0.1) is 0 Å². The van der Waals surface area contributed by atoms with Gasteiger partial charge in [-0.1, -0.05) is 26.7 Å². The topological polar surface area (TPSA) is 73.4 Å². The number of hydrogen-bond acceptors (Lipinski definition) is 5. The predicted molar refractivity (Wildman–Crippen MR) is 141 cm³/mol. The first-order chi connectivity index (χ1) is 17.0. The summed E-state index contributed by atoms with van der Waals surface area (Å²) in [5.41, 5.74) is 4.57. The van der Waals surface area contributed by atoms with Crippen LogP contribution in [0.15, 0.2) is 41.2 Å².